The van der Waals surface area contributed by atoms with Crippen molar-refractivity contribution in [3.8, 4) is 0 Å². The molecule has 2 aliphatic rings. The predicted molar refractivity (Wildman–Crippen MR) is 152 cm³/mol. The summed E-state index contributed by atoms with van der Waals surface area (Å²) in [5.41, 5.74) is 1.11. The van der Waals surface area contributed by atoms with Gasteiger partial charge >= 0.3 is 0 Å². The third-order valence-corrected chi connectivity index (χ3v) is 9.56. The Hall–Kier alpha value is -3.63. The Morgan fingerprint density at radius 3 is 2.20 bits per heavy atom. The normalized spacial score (nSPS) is 17.6. The van der Waals surface area contributed by atoms with Crippen LogP contribution in [0, 0.1) is 0 Å². The van der Waals surface area contributed by atoms with Crippen LogP contribution in [-0.2, 0) is 14.8 Å². The van der Waals surface area contributed by atoms with Gasteiger partial charge in [0, 0.05) is 37.2 Å². The Morgan fingerprint density at radius 1 is 0.875 bits per heavy atom. The number of nitrogens with zero attached hydrogens (tertiary/aromatic N) is 4. The van der Waals surface area contributed by atoms with Crippen LogP contribution in [0.15, 0.2) is 78.1 Å². The number of hydrogen-bond acceptors (Lipinski definition) is 6. The zero-order valence-corrected chi connectivity index (χ0v) is 23.3. The number of hydrogen-bond donors (Lipinski definition) is 1. The minimum Gasteiger partial charge on any atom is -0.351 e. The van der Waals surface area contributed by atoms with Crippen molar-refractivity contribution in [2.24, 2.45) is 0 Å². The third-order valence-electron chi connectivity index (χ3n) is 7.64. The Morgan fingerprint density at radius 2 is 1.55 bits per heavy atom. The SMILES string of the molecule is O=C(NC1CCCCC1)[C@H](c1ccccc1)N(C(=O)c1cnccn1)c1ccc(S(=O)(=O)N2CCCCC2)cc1. The van der Waals surface area contributed by atoms with Gasteiger partial charge in [-0.3, -0.25) is 19.5 Å². The number of sulfonamides is 1. The molecule has 0 spiro atoms. The van der Waals surface area contributed by atoms with E-state index >= 15 is 0 Å². The lowest BCUT2D eigenvalue weighted by Gasteiger charge is -2.33. The first kappa shape index (κ1) is 27.9. The van der Waals surface area contributed by atoms with E-state index in [4.69, 9.17) is 0 Å². The summed E-state index contributed by atoms with van der Waals surface area (Å²) < 4.78 is 28.1. The van der Waals surface area contributed by atoms with E-state index in [2.05, 4.69) is 15.3 Å². The molecule has 9 nitrogen and oxygen atoms in total. The third kappa shape index (κ3) is 6.23. The number of aromatic nitrogens is 2. The number of nitrogens with one attached hydrogen (secondary N) is 1. The highest BCUT2D eigenvalue weighted by atomic mass is 32.2. The van der Waals surface area contributed by atoms with Crippen molar-refractivity contribution in [3.63, 3.8) is 0 Å². The van der Waals surface area contributed by atoms with Crippen LogP contribution in [0.1, 0.15) is 73.5 Å². The summed E-state index contributed by atoms with van der Waals surface area (Å²) in [4.78, 5) is 37.8. The number of carbonyl (C=O) groups is 2. The van der Waals surface area contributed by atoms with Gasteiger partial charge in [-0.1, -0.05) is 56.0 Å². The Kier molecular flexibility index (Phi) is 8.86. The molecule has 10 heteroatoms. The summed E-state index contributed by atoms with van der Waals surface area (Å²) in [6.07, 6.45) is 12.0. The number of rotatable bonds is 8. The molecule has 0 bridgehead atoms. The predicted octanol–water partition coefficient (Wildman–Crippen LogP) is 4.49. The van der Waals surface area contributed by atoms with Crippen molar-refractivity contribution < 1.29 is 18.0 Å². The molecular formula is C30H35N5O4S. The van der Waals surface area contributed by atoms with Crippen LogP contribution < -0.4 is 10.2 Å². The number of benzene rings is 2. The molecule has 2 amide bonds. The zero-order valence-electron chi connectivity index (χ0n) is 22.5. The van der Waals surface area contributed by atoms with Gasteiger partial charge in [0.2, 0.25) is 15.9 Å². The van der Waals surface area contributed by atoms with Crippen molar-refractivity contribution in [1.82, 2.24) is 19.6 Å². The average Bonchev–Trinajstić information content (AvgIpc) is 3.01. The molecule has 1 N–H and O–H groups in total. The van der Waals surface area contributed by atoms with Crippen molar-refractivity contribution in [2.75, 3.05) is 18.0 Å². The van der Waals surface area contributed by atoms with Gasteiger partial charge in [-0.05, 0) is 55.5 Å². The van der Waals surface area contributed by atoms with Gasteiger partial charge in [-0.25, -0.2) is 13.4 Å². The van der Waals surface area contributed by atoms with Crippen LogP contribution in [-0.4, -0.2) is 53.6 Å². The van der Waals surface area contributed by atoms with Gasteiger partial charge in [0.15, 0.2) is 0 Å². The fourth-order valence-electron chi connectivity index (χ4n) is 5.53. The molecule has 2 aromatic carbocycles. The van der Waals surface area contributed by atoms with Crippen LogP contribution >= 0.6 is 0 Å². The van der Waals surface area contributed by atoms with E-state index in [1.54, 1.807) is 12.1 Å². The van der Waals surface area contributed by atoms with Gasteiger partial charge < -0.3 is 5.32 Å². The number of anilines is 1. The summed E-state index contributed by atoms with van der Waals surface area (Å²) >= 11 is 0. The highest BCUT2D eigenvalue weighted by Crippen LogP contribution is 2.32. The second-order valence-corrected chi connectivity index (χ2v) is 12.3. The van der Waals surface area contributed by atoms with Crippen LogP contribution in [0.25, 0.3) is 0 Å². The van der Waals surface area contributed by atoms with E-state index in [1.807, 2.05) is 30.3 Å². The zero-order chi connectivity index (χ0) is 28.0. The molecule has 40 heavy (non-hydrogen) atoms. The Balaban J connectivity index is 1.54. The Bertz CT molecular complexity index is 1390. The van der Waals surface area contributed by atoms with Crippen LogP contribution in [0.2, 0.25) is 0 Å². The van der Waals surface area contributed by atoms with Gasteiger partial charge in [0.05, 0.1) is 11.1 Å². The summed E-state index contributed by atoms with van der Waals surface area (Å²) in [7, 11) is -3.66. The van der Waals surface area contributed by atoms with Crippen LogP contribution in [0.3, 0.4) is 0 Å². The monoisotopic (exact) mass is 561 g/mol. The smallest absolute Gasteiger partial charge is 0.279 e. The van der Waals surface area contributed by atoms with Gasteiger partial charge in [-0.15, -0.1) is 0 Å². The first-order valence-corrected chi connectivity index (χ1v) is 15.4. The quantitative estimate of drug-likeness (QED) is 0.434. The van der Waals surface area contributed by atoms with Crippen LogP contribution in [0.5, 0.6) is 0 Å². The molecule has 1 atom stereocenters. The van der Waals surface area contributed by atoms with E-state index in [0.717, 1.165) is 51.4 Å². The molecule has 5 rings (SSSR count). The van der Waals surface area contributed by atoms with Crippen molar-refractivity contribution in [1.29, 1.82) is 0 Å². The first-order chi connectivity index (χ1) is 19.4. The fraction of sp³-hybridized carbons (Fsp3) is 0.400. The lowest BCUT2D eigenvalue weighted by atomic mass is 9.94. The number of piperidine rings is 1. The highest BCUT2D eigenvalue weighted by molar-refractivity contribution is 7.89. The number of amides is 2. The van der Waals surface area contributed by atoms with E-state index in [9.17, 15) is 18.0 Å². The van der Waals surface area contributed by atoms with E-state index in [-0.39, 0.29) is 22.5 Å². The van der Waals surface area contributed by atoms with Gasteiger partial charge in [0.25, 0.3) is 5.91 Å². The van der Waals surface area contributed by atoms with Crippen LogP contribution in [0.4, 0.5) is 5.69 Å². The summed E-state index contributed by atoms with van der Waals surface area (Å²) in [5, 5.41) is 3.18. The molecule has 1 aliphatic carbocycles. The van der Waals surface area contributed by atoms with Gasteiger partial charge in [-0.2, -0.15) is 4.31 Å². The largest absolute Gasteiger partial charge is 0.351 e. The molecule has 1 saturated heterocycles. The van der Waals surface area contributed by atoms with E-state index < -0.39 is 22.0 Å². The lowest BCUT2D eigenvalue weighted by molar-refractivity contribution is -0.123. The summed E-state index contributed by atoms with van der Waals surface area (Å²) in [6, 6.07) is 14.4. The van der Waals surface area contributed by atoms with Crippen molar-refractivity contribution >= 4 is 27.5 Å². The van der Waals surface area contributed by atoms with Crippen molar-refractivity contribution in [2.45, 2.75) is 68.3 Å². The first-order valence-electron chi connectivity index (χ1n) is 14.0. The molecule has 1 saturated carbocycles. The molecular weight excluding hydrogens is 526 g/mol. The second kappa shape index (κ2) is 12.7. The average molecular weight is 562 g/mol. The minimum absolute atomic E-state index is 0.0398. The topological polar surface area (TPSA) is 113 Å². The highest BCUT2D eigenvalue weighted by Gasteiger charge is 2.35. The summed E-state index contributed by atoms with van der Waals surface area (Å²) in [5.74, 6) is -0.798. The summed E-state index contributed by atoms with van der Waals surface area (Å²) in [6.45, 7) is 0.998. The number of carbonyl (C=O) groups excluding carboxylic acids is 2. The maximum atomic E-state index is 14.0. The maximum Gasteiger partial charge on any atom is 0.279 e. The lowest BCUT2D eigenvalue weighted by Crippen LogP contribution is -2.47. The maximum absolute atomic E-state index is 14.0. The molecule has 1 aromatic heterocycles. The molecule has 0 radical (unpaired) electrons. The standard InChI is InChI=1S/C30H35N5O4S/c36-29(33-24-12-6-2-7-13-24)28(23-10-4-1-5-11-23)35(30(37)27-22-31-18-19-32-27)25-14-16-26(17-15-25)40(38,39)34-20-8-3-9-21-34/h1,4-5,10-11,14-19,22,24,28H,2-3,6-9,12-13,20-21H2,(H,33,36)/t28-/m0/s1. The fourth-order valence-corrected chi connectivity index (χ4v) is 7.05. The molecule has 0 unspecified atom stereocenters. The molecule has 2 heterocycles. The molecule has 1 aliphatic heterocycles. The van der Waals surface area contributed by atoms with Crippen molar-refractivity contribution in [3.05, 3.63) is 84.4 Å². The van der Waals surface area contributed by atoms with E-state index in [0.29, 0.717) is 24.3 Å². The minimum atomic E-state index is -3.66. The van der Waals surface area contributed by atoms with Gasteiger partial charge in [0.1, 0.15) is 11.7 Å². The van der Waals surface area contributed by atoms with E-state index in [1.165, 1.54) is 39.9 Å². The Labute approximate surface area is 235 Å². The second-order valence-electron chi connectivity index (χ2n) is 10.4. The molecule has 2 fully saturated rings. The molecule has 210 valence electrons. The molecule has 3 aromatic rings.